The maximum Gasteiger partial charge on any atom is 0.375 e. The fourth-order valence-electron chi connectivity index (χ4n) is 0.0762. The zero-order chi connectivity index (χ0) is 6.62. The van der Waals surface area contributed by atoms with Gasteiger partial charge in [0.2, 0.25) is 0 Å². The Bertz CT molecular complexity index is 174. The van der Waals surface area contributed by atoms with Crippen molar-refractivity contribution in [2.45, 2.75) is 0 Å². The minimum Gasteiger partial charge on any atom is -0.560 e. The van der Waals surface area contributed by atoms with Crippen LogP contribution in [0, 0.1) is 0 Å². The van der Waals surface area contributed by atoms with Gasteiger partial charge in [0, 0.05) is 10.7 Å². The van der Waals surface area contributed by atoms with Gasteiger partial charge in [0.25, 0.3) is 0 Å². The summed E-state index contributed by atoms with van der Waals surface area (Å²) in [5, 5.41) is 0. The third kappa shape index (κ3) is 5.77. The Morgan fingerprint density at radius 3 is 2.38 bits per heavy atom. The second kappa shape index (κ2) is 2.93. The van der Waals surface area contributed by atoms with E-state index in [9.17, 15) is 8.42 Å². The molecule has 0 heterocycles. The molecule has 0 spiro atoms. The molecule has 0 unspecified atom stereocenters. The van der Waals surface area contributed by atoms with E-state index in [-0.39, 0.29) is 0 Å². The van der Waals surface area contributed by atoms with Crippen LogP contribution in [0.2, 0.25) is 0 Å². The molecular weight excluding hydrogens is 152 g/mol. The van der Waals surface area contributed by atoms with Crippen molar-refractivity contribution in [2.75, 3.05) is 0 Å². The molecule has 7 heteroatoms. The van der Waals surface area contributed by atoms with E-state index in [2.05, 4.69) is 27.8 Å². The van der Waals surface area contributed by atoms with Gasteiger partial charge in [-0.1, -0.05) is 0 Å². The van der Waals surface area contributed by atoms with Crippen LogP contribution in [0.5, 0.6) is 0 Å². The summed E-state index contributed by atoms with van der Waals surface area (Å²) in [5.41, 5.74) is 0. The normalized spacial score (nSPS) is 12.1. The van der Waals surface area contributed by atoms with Crippen LogP contribution in [0.4, 0.5) is 0 Å². The average molecular weight is 153 g/mol. The average Bonchev–Trinajstić information content (AvgIpc) is 1.59. The Labute approximate surface area is 52.5 Å². The Morgan fingerprint density at radius 2 is 2.25 bits per heavy atom. The van der Waals surface area contributed by atoms with Gasteiger partial charge < -0.3 is 4.65 Å². The van der Waals surface area contributed by atoms with Crippen molar-refractivity contribution in [1.29, 1.82) is 0 Å². The number of halogens is 1. The lowest BCUT2D eigenvalue weighted by Crippen LogP contribution is -1.85. The first-order valence-electron chi connectivity index (χ1n) is 1.40. The summed E-state index contributed by atoms with van der Waals surface area (Å²) in [5.74, 6) is 0. The minimum absolute atomic E-state index is 0.516. The van der Waals surface area contributed by atoms with Crippen molar-refractivity contribution in [1.82, 2.24) is 0 Å². The summed E-state index contributed by atoms with van der Waals surface area (Å²) >= 11 is 0. The smallest absolute Gasteiger partial charge is 0.375 e. The summed E-state index contributed by atoms with van der Waals surface area (Å²) in [6.07, 6.45) is 0.516. The van der Waals surface area contributed by atoms with Crippen molar-refractivity contribution < 1.29 is 13.1 Å². The van der Waals surface area contributed by atoms with Gasteiger partial charge in [-0.15, -0.1) is 4.40 Å². The van der Waals surface area contributed by atoms with E-state index in [1.165, 1.54) is 0 Å². The monoisotopic (exact) mass is 153 g/mol. The molecule has 0 aliphatic carbocycles. The van der Waals surface area contributed by atoms with Crippen LogP contribution in [0.25, 0.3) is 0 Å². The van der Waals surface area contributed by atoms with E-state index in [4.69, 9.17) is 0 Å². The zero-order valence-electron chi connectivity index (χ0n) is 3.61. The summed E-state index contributed by atoms with van der Waals surface area (Å²) in [4.78, 5) is 0. The maximum atomic E-state index is 9.82. The van der Waals surface area contributed by atoms with E-state index >= 15 is 0 Å². The van der Waals surface area contributed by atoms with Gasteiger partial charge in [0.1, 0.15) is 0 Å². The molecule has 0 fully saturated rings. The lowest BCUT2D eigenvalue weighted by atomic mass is 10.6. The molecule has 0 aliphatic rings. The molecule has 0 aromatic rings. The summed E-state index contributed by atoms with van der Waals surface area (Å²) in [6, 6.07) is 0. The van der Waals surface area contributed by atoms with Crippen LogP contribution in [0.3, 0.4) is 0 Å². The quantitative estimate of drug-likeness (QED) is 0.235. The Balaban J connectivity index is 3.92. The highest BCUT2D eigenvalue weighted by molar-refractivity contribution is 8.12. The third-order valence-electron chi connectivity index (χ3n) is 0.230. The molecule has 0 rings (SSSR count). The number of nitrogens with zero attached hydrogens (tertiary/aromatic N) is 1. The third-order valence-corrected chi connectivity index (χ3v) is 0.807. The van der Waals surface area contributed by atoms with E-state index < -0.39 is 9.24 Å². The minimum atomic E-state index is -3.85. The molecule has 0 atom stereocenters. The van der Waals surface area contributed by atoms with Crippen LogP contribution < -0.4 is 0 Å². The van der Waals surface area contributed by atoms with Crippen molar-refractivity contribution >= 4 is 34.4 Å². The van der Waals surface area contributed by atoms with Crippen molar-refractivity contribution in [3.8, 4) is 0 Å². The Morgan fingerprint density at radius 1 is 1.75 bits per heavy atom. The predicted octanol–water partition coefficient (Wildman–Crippen LogP) is -0.402. The molecule has 44 valence electrons. The van der Waals surface area contributed by atoms with Gasteiger partial charge in [-0.2, -0.15) is 8.42 Å². The molecule has 0 saturated heterocycles. The molecule has 8 heavy (non-hydrogen) atoms. The highest BCUT2D eigenvalue weighted by atomic mass is 35.7. The summed E-state index contributed by atoms with van der Waals surface area (Å²) < 4.78 is 25.9. The van der Waals surface area contributed by atoms with E-state index in [0.717, 1.165) is 0 Å². The van der Waals surface area contributed by atoms with Gasteiger partial charge >= 0.3 is 17.3 Å². The lowest BCUT2D eigenvalue weighted by Gasteiger charge is -1.81. The molecule has 0 N–H and O–H groups in total. The number of hydrogen-bond donors (Lipinski definition) is 0. The fraction of sp³-hybridized carbons (Fsp3) is 0. The first-order chi connectivity index (χ1) is 3.56. The Kier molecular flexibility index (Phi) is 2.85. The first kappa shape index (κ1) is 7.77. The molecule has 0 amide bonds. The van der Waals surface area contributed by atoms with Crippen LogP contribution >= 0.6 is 10.7 Å². The highest BCUT2D eigenvalue weighted by Gasteiger charge is 1.94. The molecule has 0 aromatic carbocycles. The highest BCUT2D eigenvalue weighted by Crippen LogP contribution is 1.94. The van der Waals surface area contributed by atoms with Crippen LogP contribution in [0.1, 0.15) is 0 Å². The van der Waals surface area contributed by atoms with Crippen molar-refractivity contribution in [3.05, 3.63) is 0 Å². The zero-order valence-corrected chi connectivity index (χ0v) is 5.19. The lowest BCUT2D eigenvalue weighted by molar-refractivity contribution is 0.606. The summed E-state index contributed by atoms with van der Waals surface area (Å²) in [7, 11) is 5.06. The van der Waals surface area contributed by atoms with Gasteiger partial charge in [0.15, 0.2) is 6.40 Å². The van der Waals surface area contributed by atoms with Crippen LogP contribution in [0.15, 0.2) is 4.40 Å². The van der Waals surface area contributed by atoms with Crippen LogP contribution in [-0.2, 0) is 13.9 Å². The van der Waals surface area contributed by atoms with Gasteiger partial charge in [-0.05, 0) is 0 Å². The van der Waals surface area contributed by atoms with E-state index in [1.54, 1.807) is 0 Å². The predicted molar refractivity (Wildman–Crippen MR) is 30.1 cm³/mol. The maximum absolute atomic E-state index is 9.82. The molecule has 0 bridgehead atoms. The fourth-order valence-corrected chi connectivity index (χ4v) is 0.326. The Hall–Kier alpha value is -0.225. The second-order valence-electron chi connectivity index (χ2n) is 0.759. The molecular formula is CHBClNO3S. The molecule has 2 radical (unpaired) electrons. The summed E-state index contributed by atoms with van der Waals surface area (Å²) in [6.45, 7) is 0. The van der Waals surface area contributed by atoms with Crippen molar-refractivity contribution in [2.24, 2.45) is 4.40 Å². The topological polar surface area (TPSA) is 55.7 Å². The molecule has 0 aliphatic heterocycles. The standard InChI is InChI=1S/CHBClNO3S/c2-7-1-4-8(3,5)6/h1H. The molecule has 0 aromatic heterocycles. The number of rotatable bonds is 2. The van der Waals surface area contributed by atoms with Gasteiger partial charge in [-0.25, -0.2) is 0 Å². The SMILES string of the molecule is [B]OC=NS(=O)(=O)Cl. The van der Waals surface area contributed by atoms with E-state index in [1.807, 2.05) is 0 Å². The number of hydrogen-bond acceptors (Lipinski definition) is 3. The van der Waals surface area contributed by atoms with Gasteiger partial charge in [0.05, 0.1) is 0 Å². The second-order valence-corrected chi connectivity index (χ2v) is 2.96. The molecule has 4 nitrogen and oxygen atoms in total. The largest absolute Gasteiger partial charge is 0.560 e. The van der Waals surface area contributed by atoms with Crippen molar-refractivity contribution in [3.63, 3.8) is 0 Å². The first-order valence-corrected chi connectivity index (χ1v) is 3.67. The molecule has 0 saturated carbocycles. The van der Waals surface area contributed by atoms with Gasteiger partial charge in [-0.3, -0.25) is 0 Å². The van der Waals surface area contributed by atoms with Crippen LogP contribution in [-0.4, -0.2) is 22.9 Å². The van der Waals surface area contributed by atoms with E-state index in [0.29, 0.717) is 6.40 Å².